The van der Waals surface area contributed by atoms with Gasteiger partial charge in [0.05, 0.1) is 24.0 Å². The van der Waals surface area contributed by atoms with E-state index in [2.05, 4.69) is 20.1 Å². The molecule has 0 aromatic carbocycles. The van der Waals surface area contributed by atoms with Crippen molar-refractivity contribution >= 4 is 16.7 Å². The zero-order valence-corrected chi connectivity index (χ0v) is 13.1. The predicted octanol–water partition coefficient (Wildman–Crippen LogP) is 3.02. The topological polar surface area (TPSA) is 60.9 Å². The molecule has 4 heterocycles. The molecule has 4 aromatic rings. The van der Waals surface area contributed by atoms with Crippen LogP contribution >= 0.6 is 0 Å². The third kappa shape index (κ3) is 2.31. The molecule has 0 fully saturated rings. The van der Waals surface area contributed by atoms with Gasteiger partial charge in [0.25, 0.3) is 6.43 Å². The first-order valence-corrected chi connectivity index (χ1v) is 7.46. The molecule has 0 radical (unpaired) electrons. The average Bonchev–Trinajstić information content (AvgIpc) is 3.08. The van der Waals surface area contributed by atoms with Gasteiger partial charge in [-0.25, -0.2) is 28.2 Å². The van der Waals surface area contributed by atoms with E-state index in [0.29, 0.717) is 28.5 Å². The maximum absolute atomic E-state index is 12.8. The Hall–Kier alpha value is -2.90. The Balaban J connectivity index is 1.90. The lowest BCUT2D eigenvalue weighted by atomic mass is 10.2. The Morgan fingerprint density at radius 3 is 2.75 bits per heavy atom. The fourth-order valence-electron chi connectivity index (χ4n) is 2.82. The number of rotatable bonds is 3. The van der Waals surface area contributed by atoms with Gasteiger partial charge < -0.3 is 4.57 Å². The first kappa shape index (κ1) is 14.7. The lowest BCUT2D eigenvalue weighted by Crippen LogP contribution is -2.08. The van der Waals surface area contributed by atoms with Crippen LogP contribution in [0.1, 0.15) is 11.6 Å². The van der Waals surface area contributed by atoms with Crippen molar-refractivity contribution in [2.75, 3.05) is 0 Å². The van der Waals surface area contributed by atoms with Gasteiger partial charge in [0, 0.05) is 11.8 Å². The number of hydrogen-bond acceptors (Lipinski definition) is 4. The van der Waals surface area contributed by atoms with Crippen LogP contribution in [0.5, 0.6) is 0 Å². The minimum absolute atomic E-state index is 0.419. The summed E-state index contributed by atoms with van der Waals surface area (Å²) in [6.45, 7) is 3.10. The van der Waals surface area contributed by atoms with E-state index in [-0.39, 0.29) is 0 Å². The standard InChI is InChI=1S/C16H14F2N6/c1-9-19-7-14-11(5-6-24(14)22-9)12-3-4-13-16(21-12)23(8-15(17)18)10(2)20-13/h3-7,15H,8H2,1-2H3. The van der Waals surface area contributed by atoms with E-state index in [1.807, 2.05) is 25.3 Å². The Labute approximate surface area is 135 Å². The molecule has 122 valence electrons. The molecule has 4 rings (SSSR count). The molecule has 6 nitrogen and oxygen atoms in total. The van der Waals surface area contributed by atoms with Crippen LogP contribution in [-0.2, 0) is 6.54 Å². The lowest BCUT2D eigenvalue weighted by Gasteiger charge is -2.06. The van der Waals surface area contributed by atoms with Crippen molar-refractivity contribution in [3.8, 4) is 11.3 Å². The fourth-order valence-corrected chi connectivity index (χ4v) is 2.82. The molecule has 24 heavy (non-hydrogen) atoms. The second kappa shape index (κ2) is 5.33. The predicted molar refractivity (Wildman–Crippen MR) is 85.0 cm³/mol. The second-order valence-electron chi connectivity index (χ2n) is 5.56. The summed E-state index contributed by atoms with van der Waals surface area (Å²) in [5.41, 5.74) is 3.39. The quantitative estimate of drug-likeness (QED) is 0.580. The van der Waals surface area contributed by atoms with Crippen molar-refractivity contribution in [3.63, 3.8) is 0 Å². The van der Waals surface area contributed by atoms with Crippen molar-refractivity contribution in [1.29, 1.82) is 0 Å². The highest BCUT2D eigenvalue weighted by atomic mass is 19.3. The van der Waals surface area contributed by atoms with Gasteiger partial charge in [-0.2, -0.15) is 5.10 Å². The van der Waals surface area contributed by atoms with Gasteiger partial charge in [-0.3, -0.25) is 0 Å². The van der Waals surface area contributed by atoms with Crippen LogP contribution in [0.25, 0.3) is 27.9 Å². The first-order valence-electron chi connectivity index (χ1n) is 7.46. The van der Waals surface area contributed by atoms with E-state index < -0.39 is 13.0 Å². The van der Waals surface area contributed by atoms with E-state index in [1.54, 1.807) is 23.7 Å². The van der Waals surface area contributed by atoms with Crippen LogP contribution in [0.15, 0.2) is 30.6 Å². The Bertz CT molecular complexity index is 1050. The zero-order valence-electron chi connectivity index (χ0n) is 13.1. The number of aryl methyl sites for hydroxylation is 2. The molecule has 8 heteroatoms. The van der Waals surface area contributed by atoms with Gasteiger partial charge in [-0.1, -0.05) is 0 Å². The average molecular weight is 328 g/mol. The van der Waals surface area contributed by atoms with Gasteiger partial charge in [-0.05, 0) is 32.0 Å². The molecular formula is C16H14F2N6. The molecule has 0 aliphatic carbocycles. The van der Waals surface area contributed by atoms with Crippen molar-refractivity contribution < 1.29 is 8.78 Å². The summed E-state index contributed by atoms with van der Waals surface area (Å²) >= 11 is 0. The number of fused-ring (bicyclic) bond motifs is 2. The van der Waals surface area contributed by atoms with Gasteiger partial charge in [-0.15, -0.1) is 0 Å². The van der Waals surface area contributed by atoms with Crippen LogP contribution in [0, 0.1) is 13.8 Å². The molecule has 0 N–H and O–H groups in total. The molecule has 0 saturated carbocycles. The zero-order chi connectivity index (χ0) is 16.8. The summed E-state index contributed by atoms with van der Waals surface area (Å²) in [4.78, 5) is 13.1. The number of pyridine rings is 1. The van der Waals surface area contributed by atoms with Crippen molar-refractivity contribution in [1.82, 2.24) is 29.1 Å². The molecular weight excluding hydrogens is 314 g/mol. The molecule has 0 bridgehead atoms. The molecule has 0 aliphatic rings. The number of halogens is 2. The van der Waals surface area contributed by atoms with Gasteiger partial charge in [0.1, 0.15) is 17.2 Å². The first-order chi connectivity index (χ1) is 11.5. The molecule has 0 spiro atoms. The van der Waals surface area contributed by atoms with Crippen molar-refractivity contribution in [3.05, 3.63) is 42.2 Å². The minimum atomic E-state index is -2.46. The van der Waals surface area contributed by atoms with Crippen LogP contribution < -0.4 is 0 Å². The minimum Gasteiger partial charge on any atom is -0.307 e. The van der Waals surface area contributed by atoms with Crippen LogP contribution in [-0.4, -0.2) is 35.6 Å². The van der Waals surface area contributed by atoms with Crippen LogP contribution in [0.2, 0.25) is 0 Å². The summed E-state index contributed by atoms with van der Waals surface area (Å²) in [7, 11) is 0. The summed E-state index contributed by atoms with van der Waals surface area (Å²) in [6, 6.07) is 5.51. The van der Waals surface area contributed by atoms with Crippen LogP contribution in [0.4, 0.5) is 8.78 Å². The fraction of sp³-hybridized carbons (Fsp3) is 0.250. The molecule has 0 unspecified atom stereocenters. The van der Waals surface area contributed by atoms with Crippen molar-refractivity contribution in [2.24, 2.45) is 0 Å². The van der Waals surface area contributed by atoms with Crippen molar-refractivity contribution in [2.45, 2.75) is 26.8 Å². The number of hydrogen-bond donors (Lipinski definition) is 0. The van der Waals surface area contributed by atoms with E-state index in [0.717, 1.165) is 11.1 Å². The lowest BCUT2D eigenvalue weighted by molar-refractivity contribution is 0.127. The van der Waals surface area contributed by atoms with E-state index in [9.17, 15) is 8.78 Å². The number of imidazole rings is 1. The molecule has 0 aliphatic heterocycles. The Morgan fingerprint density at radius 1 is 1.12 bits per heavy atom. The third-order valence-corrected chi connectivity index (χ3v) is 3.91. The number of alkyl halides is 2. The highest BCUT2D eigenvalue weighted by Crippen LogP contribution is 2.26. The Kier molecular flexibility index (Phi) is 3.26. The summed E-state index contributed by atoms with van der Waals surface area (Å²) in [6.07, 6.45) is 1.09. The third-order valence-electron chi connectivity index (χ3n) is 3.91. The maximum Gasteiger partial charge on any atom is 0.256 e. The summed E-state index contributed by atoms with van der Waals surface area (Å²) in [5.74, 6) is 1.19. The molecule has 0 amide bonds. The van der Waals surface area contributed by atoms with Gasteiger partial charge in [0.15, 0.2) is 5.65 Å². The summed E-state index contributed by atoms with van der Waals surface area (Å²) in [5, 5.41) is 4.31. The maximum atomic E-state index is 12.8. The summed E-state index contributed by atoms with van der Waals surface area (Å²) < 4.78 is 28.8. The van der Waals surface area contributed by atoms with Crippen LogP contribution in [0.3, 0.4) is 0 Å². The monoisotopic (exact) mass is 328 g/mol. The molecule has 0 saturated heterocycles. The van der Waals surface area contributed by atoms with E-state index in [4.69, 9.17) is 0 Å². The number of nitrogens with zero attached hydrogens (tertiary/aromatic N) is 6. The molecule has 0 atom stereocenters. The smallest absolute Gasteiger partial charge is 0.256 e. The number of aromatic nitrogens is 6. The normalized spacial score (nSPS) is 11.9. The highest BCUT2D eigenvalue weighted by molar-refractivity contribution is 5.82. The van der Waals surface area contributed by atoms with Gasteiger partial charge >= 0.3 is 0 Å². The van der Waals surface area contributed by atoms with Gasteiger partial charge in [0.2, 0.25) is 0 Å². The second-order valence-corrected chi connectivity index (χ2v) is 5.56. The molecule has 4 aromatic heterocycles. The van der Waals surface area contributed by atoms with E-state index >= 15 is 0 Å². The Morgan fingerprint density at radius 2 is 1.96 bits per heavy atom. The highest BCUT2D eigenvalue weighted by Gasteiger charge is 2.15. The van der Waals surface area contributed by atoms with E-state index in [1.165, 1.54) is 4.57 Å². The SMILES string of the molecule is Cc1ncc2c(-c3ccc4nc(C)n(CC(F)F)c4n3)ccn2n1. The largest absolute Gasteiger partial charge is 0.307 e.